The van der Waals surface area contributed by atoms with E-state index in [4.69, 9.17) is 47.0 Å². The number of hydrogen-bond acceptors (Lipinski definition) is 3. The lowest BCUT2D eigenvalue weighted by Crippen LogP contribution is -2.21. The third-order valence-electron chi connectivity index (χ3n) is 5.78. The summed E-state index contributed by atoms with van der Waals surface area (Å²) in [7, 11) is 0. The normalized spacial score (nSPS) is 11.1. The number of anilines is 2. The van der Waals surface area contributed by atoms with Crippen molar-refractivity contribution >= 4 is 63.5 Å². The summed E-state index contributed by atoms with van der Waals surface area (Å²) in [6.07, 6.45) is 0. The molecule has 0 bridgehead atoms. The second kappa shape index (κ2) is 10.6. The minimum absolute atomic E-state index is 0.471. The quantitative estimate of drug-likeness (QED) is 0.250. The maximum absolute atomic E-state index is 6.17. The van der Waals surface area contributed by atoms with Crippen LogP contribution >= 0.6 is 47.0 Å². The number of benzene rings is 2. The summed E-state index contributed by atoms with van der Waals surface area (Å²) >= 11 is 24.0. The van der Waals surface area contributed by atoms with Crippen molar-refractivity contribution in [1.29, 1.82) is 0 Å². The Morgan fingerprint density at radius 2 is 1.31 bits per heavy atom. The summed E-state index contributed by atoms with van der Waals surface area (Å²) in [5.74, 6) is 0. The molecule has 0 atom stereocenters. The van der Waals surface area contributed by atoms with E-state index in [0.717, 1.165) is 45.3 Å². The molecule has 4 rings (SSSR count). The third kappa shape index (κ3) is 5.81. The molecule has 0 aliphatic heterocycles. The van der Waals surface area contributed by atoms with Gasteiger partial charge in [-0.1, -0.05) is 53.0 Å². The number of halogens is 3. The topological polar surface area (TPSA) is 59.7 Å². The second-order valence-corrected chi connectivity index (χ2v) is 10.0. The molecular weight excluding hydrogens is 523 g/mol. The Bertz CT molecular complexity index is 1410. The second-order valence-electron chi connectivity index (χ2n) is 8.36. The highest BCUT2D eigenvalue weighted by Gasteiger charge is 2.17. The van der Waals surface area contributed by atoms with Gasteiger partial charge in [0.05, 0.1) is 57.3 Å². The van der Waals surface area contributed by atoms with Gasteiger partial charge in [-0.15, -0.1) is 0 Å². The molecule has 6 nitrogen and oxygen atoms in total. The molecular formula is C25H25Cl3N6S. The van der Waals surface area contributed by atoms with Crippen molar-refractivity contribution in [2.45, 2.75) is 40.8 Å². The Morgan fingerprint density at radius 1 is 0.771 bits per heavy atom. The van der Waals surface area contributed by atoms with Gasteiger partial charge in [0.1, 0.15) is 0 Å². The van der Waals surface area contributed by atoms with Crippen molar-refractivity contribution in [3.8, 4) is 0 Å². The van der Waals surface area contributed by atoms with Crippen molar-refractivity contribution in [3.05, 3.63) is 91.4 Å². The Labute approximate surface area is 225 Å². The molecule has 0 aliphatic rings. The van der Waals surface area contributed by atoms with Gasteiger partial charge in [0, 0.05) is 5.02 Å². The van der Waals surface area contributed by atoms with Crippen molar-refractivity contribution in [2.75, 3.05) is 10.6 Å². The van der Waals surface area contributed by atoms with E-state index in [1.165, 1.54) is 0 Å². The fraction of sp³-hybridized carbons (Fsp3) is 0.240. The highest BCUT2D eigenvalue weighted by molar-refractivity contribution is 7.80. The van der Waals surface area contributed by atoms with Crippen molar-refractivity contribution in [2.24, 2.45) is 0 Å². The van der Waals surface area contributed by atoms with Crippen molar-refractivity contribution < 1.29 is 0 Å². The van der Waals surface area contributed by atoms with Gasteiger partial charge < -0.3 is 10.6 Å². The van der Waals surface area contributed by atoms with Gasteiger partial charge in [0.25, 0.3) is 0 Å². The molecule has 4 aromatic rings. The van der Waals surface area contributed by atoms with Crippen LogP contribution in [0.5, 0.6) is 0 Å². The molecule has 0 unspecified atom stereocenters. The number of aryl methyl sites for hydroxylation is 2. The minimum Gasteiger partial charge on any atom is -0.329 e. The van der Waals surface area contributed by atoms with E-state index in [2.05, 4.69) is 20.8 Å². The van der Waals surface area contributed by atoms with Gasteiger partial charge in [0.2, 0.25) is 0 Å². The molecule has 2 N–H and O–H groups in total. The molecule has 2 aromatic heterocycles. The van der Waals surface area contributed by atoms with Crippen LogP contribution in [0.25, 0.3) is 0 Å². The predicted molar refractivity (Wildman–Crippen MR) is 149 cm³/mol. The summed E-state index contributed by atoms with van der Waals surface area (Å²) in [6, 6.07) is 13.4. The molecule has 0 aliphatic carbocycles. The molecule has 0 spiro atoms. The fourth-order valence-corrected chi connectivity index (χ4v) is 4.68. The van der Waals surface area contributed by atoms with Crippen LogP contribution in [0.1, 0.15) is 33.9 Å². The zero-order valence-electron chi connectivity index (χ0n) is 19.8. The van der Waals surface area contributed by atoms with Crippen LogP contribution in [0.3, 0.4) is 0 Å². The third-order valence-corrected chi connectivity index (χ3v) is 6.96. The van der Waals surface area contributed by atoms with Crippen molar-refractivity contribution in [3.63, 3.8) is 0 Å². The minimum atomic E-state index is 0.471. The highest BCUT2D eigenvalue weighted by atomic mass is 35.5. The van der Waals surface area contributed by atoms with Crippen LogP contribution in [0.4, 0.5) is 11.4 Å². The summed E-state index contributed by atoms with van der Waals surface area (Å²) < 4.78 is 3.86. The average Bonchev–Trinajstić information content (AvgIpc) is 3.20. The Morgan fingerprint density at radius 3 is 1.83 bits per heavy atom. The average molecular weight is 548 g/mol. The van der Waals surface area contributed by atoms with Crippen LogP contribution in [0.15, 0.2) is 42.5 Å². The molecule has 182 valence electrons. The van der Waals surface area contributed by atoms with Gasteiger partial charge in [0.15, 0.2) is 5.11 Å². The van der Waals surface area contributed by atoms with E-state index in [9.17, 15) is 0 Å². The molecule has 0 saturated heterocycles. The first kappa shape index (κ1) is 25.5. The van der Waals surface area contributed by atoms with Crippen molar-refractivity contribution in [1.82, 2.24) is 19.6 Å². The zero-order valence-corrected chi connectivity index (χ0v) is 22.9. The van der Waals surface area contributed by atoms with E-state index in [1.807, 2.05) is 73.5 Å². The molecule has 35 heavy (non-hydrogen) atoms. The molecule has 0 amide bonds. The van der Waals surface area contributed by atoms with Crippen LogP contribution < -0.4 is 10.6 Å². The molecule has 0 radical (unpaired) electrons. The molecule has 0 saturated carbocycles. The summed E-state index contributed by atoms with van der Waals surface area (Å²) in [5.41, 5.74) is 7.48. The number of thiocarbonyl (C=S) groups is 1. The van der Waals surface area contributed by atoms with E-state index in [1.54, 1.807) is 6.07 Å². The summed E-state index contributed by atoms with van der Waals surface area (Å²) in [4.78, 5) is 0. The molecule has 0 fully saturated rings. The van der Waals surface area contributed by atoms with E-state index >= 15 is 0 Å². The number of aromatic nitrogens is 4. The van der Waals surface area contributed by atoms with Gasteiger partial charge in [-0.05, 0) is 75.3 Å². The first-order valence-electron chi connectivity index (χ1n) is 11.0. The monoisotopic (exact) mass is 546 g/mol. The first-order chi connectivity index (χ1) is 16.6. The first-order valence-corrected chi connectivity index (χ1v) is 12.5. The van der Waals surface area contributed by atoms with Crippen LogP contribution in [-0.2, 0) is 13.1 Å². The maximum atomic E-state index is 6.17. The van der Waals surface area contributed by atoms with Crippen LogP contribution in [0.2, 0.25) is 15.1 Å². The number of nitrogens with zero attached hydrogens (tertiary/aromatic N) is 4. The largest absolute Gasteiger partial charge is 0.329 e. The number of hydrogen-bond donors (Lipinski definition) is 2. The molecule has 2 aromatic carbocycles. The van der Waals surface area contributed by atoms with E-state index < -0.39 is 0 Å². The van der Waals surface area contributed by atoms with Gasteiger partial charge >= 0.3 is 0 Å². The predicted octanol–water partition coefficient (Wildman–Crippen LogP) is 7.18. The lowest BCUT2D eigenvalue weighted by atomic mass is 10.2. The Kier molecular flexibility index (Phi) is 7.71. The van der Waals surface area contributed by atoms with Gasteiger partial charge in [-0.3, -0.25) is 9.36 Å². The maximum Gasteiger partial charge on any atom is 0.175 e. The number of rotatable bonds is 6. The number of nitrogens with one attached hydrogen (secondary N) is 2. The zero-order chi connectivity index (χ0) is 25.3. The molecule has 2 heterocycles. The fourth-order valence-electron chi connectivity index (χ4n) is 3.94. The van der Waals surface area contributed by atoms with Gasteiger partial charge in [-0.2, -0.15) is 10.2 Å². The van der Waals surface area contributed by atoms with Crippen LogP contribution in [0, 0.1) is 27.7 Å². The lowest BCUT2D eigenvalue weighted by molar-refractivity contribution is 0.659. The Hall–Kier alpha value is -2.58. The standard InChI is InChI=1S/C25H25Cl3N6S/c1-14-23(16(3)33(31-14)12-18-6-5-7-20(26)10-18)29-25(35)30-24-15(2)32-34(17(24)4)13-19-8-9-21(27)22(28)11-19/h5-11H,12-13H2,1-4H3,(H2,29,30,35). The van der Waals surface area contributed by atoms with E-state index in [0.29, 0.717) is 33.3 Å². The smallest absolute Gasteiger partial charge is 0.175 e. The SMILES string of the molecule is Cc1nn(Cc2cccc(Cl)c2)c(C)c1NC(=S)Nc1c(C)nn(Cc2ccc(Cl)c(Cl)c2)c1C. The lowest BCUT2D eigenvalue weighted by Gasteiger charge is -2.12. The van der Waals surface area contributed by atoms with E-state index in [-0.39, 0.29) is 0 Å². The highest BCUT2D eigenvalue weighted by Crippen LogP contribution is 2.26. The summed E-state index contributed by atoms with van der Waals surface area (Å²) in [5, 5.41) is 18.2. The van der Waals surface area contributed by atoms with Crippen LogP contribution in [-0.4, -0.2) is 24.7 Å². The van der Waals surface area contributed by atoms with Gasteiger partial charge in [-0.25, -0.2) is 0 Å². The Balaban J connectivity index is 1.48. The summed E-state index contributed by atoms with van der Waals surface area (Å²) in [6.45, 7) is 9.11. The molecule has 10 heteroatoms.